The number of sulfonamides is 1. The van der Waals surface area contributed by atoms with E-state index in [4.69, 9.17) is 4.74 Å². The lowest BCUT2D eigenvalue weighted by Gasteiger charge is -2.40. The van der Waals surface area contributed by atoms with Crippen LogP contribution < -0.4 is 0 Å². The van der Waals surface area contributed by atoms with Gasteiger partial charge in [-0.3, -0.25) is 4.79 Å². The summed E-state index contributed by atoms with van der Waals surface area (Å²) in [4.78, 5) is 25.4. The molecule has 1 amide bonds. The van der Waals surface area contributed by atoms with E-state index < -0.39 is 28.0 Å². The molecule has 1 atom stereocenters. The summed E-state index contributed by atoms with van der Waals surface area (Å²) in [6.07, 6.45) is 0. The zero-order chi connectivity index (χ0) is 16.4. The standard InChI is InChI=1S/C13H22N2O5S/c1-6-21(18,19)15-7-10(8-15)12(16)14(4)11(9(2)3)13(17)20-5/h6,9-11H,1,7-8H2,2-5H3/t11-/m0/s1. The normalized spacial score (nSPS) is 18.0. The van der Waals surface area contributed by atoms with E-state index in [1.54, 1.807) is 0 Å². The van der Waals surface area contributed by atoms with E-state index >= 15 is 0 Å². The molecular formula is C13H22N2O5S. The Labute approximate surface area is 125 Å². The van der Waals surface area contributed by atoms with Gasteiger partial charge >= 0.3 is 5.97 Å². The van der Waals surface area contributed by atoms with E-state index in [0.29, 0.717) is 0 Å². The predicted molar refractivity (Wildman–Crippen MR) is 77.6 cm³/mol. The topological polar surface area (TPSA) is 84.0 Å². The fourth-order valence-corrected chi connectivity index (χ4v) is 3.32. The van der Waals surface area contributed by atoms with Gasteiger partial charge in [0.05, 0.1) is 13.0 Å². The first-order chi connectivity index (χ1) is 9.65. The van der Waals surface area contributed by atoms with Crippen LogP contribution in [-0.2, 0) is 24.3 Å². The molecule has 1 aliphatic rings. The minimum Gasteiger partial charge on any atom is -0.467 e. The molecule has 0 unspecified atom stereocenters. The fourth-order valence-electron chi connectivity index (χ4n) is 2.33. The van der Waals surface area contributed by atoms with E-state index in [1.807, 2.05) is 13.8 Å². The third-order valence-electron chi connectivity index (χ3n) is 3.61. The van der Waals surface area contributed by atoms with Gasteiger partial charge in [0.25, 0.3) is 0 Å². The summed E-state index contributed by atoms with van der Waals surface area (Å²) in [5, 5.41) is 0.864. The Morgan fingerprint density at radius 2 is 1.90 bits per heavy atom. The van der Waals surface area contributed by atoms with E-state index in [1.165, 1.54) is 23.4 Å². The summed E-state index contributed by atoms with van der Waals surface area (Å²) in [5.41, 5.74) is 0. The predicted octanol–water partition coefficient (Wildman–Crippen LogP) is 0.0475. The molecular weight excluding hydrogens is 296 g/mol. The molecule has 7 nitrogen and oxygen atoms in total. The average Bonchev–Trinajstić information content (AvgIpc) is 2.35. The zero-order valence-corrected chi connectivity index (χ0v) is 13.6. The highest BCUT2D eigenvalue weighted by molar-refractivity contribution is 7.92. The van der Waals surface area contributed by atoms with Crippen LogP contribution in [0.5, 0.6) is 0 Å². The number of rotatable bonds is 6. The molecule has 0 bridgehead atoms. The summed E-state index contributed by atoms with van der Waals surface area (Å²) in [6, 6.07) is -0.674. The highest BCUT2D eigenvalue weighted by Crippen LogP contribution is 2.24. The molecule has 0 aromatic rings. The molecule has 1 saturated heterocycles. The van der Waals surface area contributed by atoms with Crippen LogP contribution in [0.15, 0.2) is 12.0 Å². The number of hydrogen-bond donors (Lipinski definition) is 0. The van der Waals surface area contributed by atoms with Gasteiger partial charge in [0.1, 0.15) is 6.04 Å². The molecule has 1 heterocycles. The van der Waals surface area contributed by atoms with Crippen LogP contribution in [0, 0.1) is 11.8 Å². The van der Waals surface area contributed by atoms with E-state index in [2.05, 4.69) is 6.58 Å². The Bertz CT molecular complexity index is 523. The molecule has 0 aromatic heterocycles. The van der Waals surface area contributed by atoms with Gasteiger partial charge in [0.2, 0.25) is 15.9 Å². The molecule has 21 heavy (non-hydrogen) atoms. The molecule has 0 radical (unpaired) electrons. The molecule has 1 aliphatic heterocycles. The van der Waals surface area contributed by atoms with Crippen LogP contribution >= 0.6 is 0 Å². The van der Waals surface area contributed by atoms with E-state index in [9.17, 15) is 18.0 Å². The third kappa shape index (κ3) is 3.62. The van der Waals surface area contributed by atoms with Crippen molar-refractivity contribution < 1.29 is 22.7 Å². The number of carbonyl (C=O) groups excluding carboxylic acids is 2. The summed E-state index contributed by atoms with van der Waals surface area (Å²) in [6.45, 7) is 7.11. The van der Waals surface area contributed by atoms with Gasteiger partial charge in [-0.25, -0.2) is 13.2 Å². The SMILES string of the molecule is C=CS(=O)(=O)N1CC(C(=O)N(C)[C@H](C(=O)OC)C(C)C)C1. The molecule has 0 saturated carbocycles. The maximum absolute atomic E-state index is 12.3. The Hall–Kier alpha value is -1.41. The Morgan fingerprint density at radius 1 is 1.38 bits per heavy atom. The largest absolute Gasteiger partial charge is 0.467 e. The molecule has 0 aromatic carbocycles. The van der Waals surface area contributed by atoms with Crippen molar-refractivity contribution in [3.63, 3.8) is 0 Å². The van der Waals surface area contributed by atoms with E-state index in [0.717, 1.165) is 5.41 Å². The van der Waals surface area contributed by atoms with Crippen molar-refractivity contribution in [1.82, 2.24) is 9.21 Å². The van der Waals surface area contributed by atoms with Crippen LogP contribution in [-0.4, -0.2) is 62.8 Å². The van der Waals surface area contributed by atoms with Crippen LogP contribution in [0.4, 0.5) is 0 Å². The smallest absolute Gasteiger partial charge is 0.328 e. The first-order valence-corrected chi connectivity index (χ1v) is 8.13. The molecule has 0 spiro atoms. The Balaban J connectivity index is 2.73. The van der Waals surface area contributed by atoms with Crippen LogP contribution in [0.1, 0.15) is 13.8 Å². The second-order valence-corrected chi connectivity index (χ2v) is 7.27. The molecule has 120 valence electrons. The Morgan fingerprint density at radius 3 is 2.29 bits per heavy atom. The molecule has 0 aliphatic carbocycles. The first kappa shape index (κ1) is 17.6. The number of esters is 1. The number of ether oxygens (including phenoxy) is 1. The summed E-state index contributed by atoms with van der Waals surface area (Å²) >= 11 is 0. The monoisotopic (exact) mass is 318 g/mol. The van der Waals surface area contributed by atoms with Crippen molar-refractivity contribution >= 4 is 21.9 Å². The van der Waals surface area contributed by atoms with Gasteiger partial charge < -0.3 is 9.64 Å². The van der Waals surface area contributed by atoms with Gasteiger partial charge in [-0.05, 0) is 5.92 Å². The van der Waals surface area contributed by atoms with Crippen LogP contribution in [0.25, 0.3) is 0 Å². The minimum atomic E-state index is -3.48. The highest BCUT2D eigenvalue weighted by atomic mass is 32.2. The second kappa shape index (κ2) is 6.57. The van der Waals surface area contributed by atoms with Crippen molar-refractivity contribution in [3.05, 3.63) is 12.0 Å². The van der Waals surface area contributed by atoms with Crippen molar-refractivity contribution in [3.8, 4) is 0 Å². The quantitative estimate of drug-likeness (QED) is 0.646. The lowest BCUT2D eigenvalue weighted by atomic mass is 9.97. The highest BCUT2D eigenvalue weighted by Gasteiger charge is 2.42. The number of carbonyl (C=O) groups is 2. The van der Waals surface area contributed by atoms with Gasteiger partial charge in [-0.2, -0.15) is 4.31 Å². The van der Waals surface area contributed by atoms with Crippen molar-refractivity contribution in [1.29, 1.82) is 0 Å². The number of likely N-dealkylation sites (N-methyl/N-ethyl adjacent to an activating group) is 1. The summed E-state index contributed by atoms with van der Waals surface area (Å²) < 4.78 is 28.9. The maximum Gasteiger partial charge on any atom is 0.328 e. The lowest BCUT2D eigenvalue weighted by Crippen LogP contribution is -2.58. The number of amides is 1. The molecule has 1 fully saturated rings. The Kier molecular flexibility index (Phi) is 5.52. The zero-order valence-electron chi connectivity index (χ0n) is 12.8. The van der Waals surface area contributed by atoms with Crippen molar-refractivity contribution in [2.75, 3.05) is 27.2 Å². The van der Waals surface area contributed by atoms with Crippen molar-refractivity contribution in [2.24, 2.45) is 11.8 Å². The second-order valence-electron chi connectivity index (χ2n) is 5.39. The molecule has 8 heteroatoms. The van der Waals surface area contributed by atoms with E-state index in [-0.39, 0.29) is 24.9 Å². The number of nitrogens with zero attached hydrogens (tertiary/aromatic N) is 2. The average molecular weight is 318 g/mol. The lowest BCUT2D eigenvalue weighted by molar-refractivity contribution is -0.156. The van der Waals surface area contributed by atoms with Crippen LogP contribution in [0.2, 0.25) is 0 Å². The summed E-state index contributed by atoms with van der Waals surface area (Å²) in [7, 11) is -0.664. The minimum absolute atomic E-state index is 0.0977. The van der Waals surface area contributed by atoms with Gasteiger partial charge in [-0.15, -0.1) is 0 Å². The van der Waals surface area contributed by atoms with Crippen LogP contribution in [0.3, 0.4) is 0 Å². The fraction of sp³-hybridized carbons (Fsp3) is 0.692. The third-order valence-corrected chi connectivity index (χ3v) is 5.05. The maximum atomic E-state index is 12.3. The summed E-state index contributed by atoms with van der Waals surface area (Å²) in [5.74, 6) is -1.26. The van der Waals surface area contributed by atoms with Gasteiger partial charge in [-0.1, -0.05) is 20.4 Å². The molecule has 1 rings (SSSR count). The molecule has 0 N–H and O–H groups in total. The van der Waals surface area contributed by atoms with Gasteiger partial charge in [0.15, 0.2) is 0 Å². The first-order valence-electron chi connectivity index (χ1n) is 6.62. The van der Waals surface area contributed by atoms with Crippen molar-refractivity contribution in [2.45, 2.75) is 19.9 Å². The van der Waals surface area contributed by atoms with Gasteiger partial charge in [0, 0.05) is 25.5 Å². The number of hydrogen-bond acceptors (Lipinski definition) is 5. The number of methoxy groups -OCH3 is 1.